The van der Waals surface area contributed by atoms with Crippen molar-refractivity contribution in [1.82, 2.24) is 4.90 Å². The molecular formula is C56H66N4O12. The number of nitrogens with two attached hydrogens (primary N) is 2. The molecule has 0 radical (unpaired) electrons. The molecule has 5 aromatic rings. The number of hydrogen-bond acceptors (Lipinski definition) is 16. The number of hydrogen-bond donors (Lipinski definition) is 3. The minimum absolute atomic E-state index is 0.0337. The summed E-state index contributed by atoms with van der Waals surface area (Å²) in [4.78, 5) is 6.57. The van der Waals surface area contributed by atoms with Crippen molar-refractivity contribution < 1.29 is 57.2 Å². The minimum Gasteiger partial charge on any atom is -0.459 e. The Bertz CT molecular complexity index is 2450. The third-order valence-corrected chi connectivity index (χ3v) is 13.9. The summed E-state index contributed by atoms with van der Waals surface area (Å²) in [5, 5.41) is 12.1. The standard InChI is InChI=1S/C56H66N4O12/c1-60(2)56-59-45-46(61)48(40(47(45)72-56)32-62-28-35-18-8-3-9-19-35)69-54-43(57)51(64-30-37-22-12-5-13-23-37)49(41(67-54)33-63-29-36-20-10-4-11-21-36)71-55-44(58)52(65-31-38-24-14-6-15-25-38)50-42(68-55)34-66-53(70-50)39-26-16-7-17-27-39/h3-27,40-55,61H,28-34,57-58H2,1-2H3/t40-,41+,42+,43+,44+,45+,46+,47-,48+,49+,50+,51-,52-,53?,54-,55-/m0/s1. The Morgan fingerprint density at radius 3 is 1.65 bits per heavy atom. The second kappa shape index (κ2) is 23.8. The fourth-order valence-corrected chi connectivity index (χ4v) is 10.1. The van der Waals surface area contributed by atoms with Crippen molar-refractivity contribution in [3.8, 4) is 0 Å². The maximum Gasteiger partial charge on any atom is 0.287 e. The Labute approximate surface area is 420 Å². The number of ether oxygens (including phenoxy) is 11. The molecule has 4 fully saturated rings. The summed E-state index contributed by atoms with van der Waals surface area (Å²) in [5.74, 6) is -0.466. The molecule has 1 unspecified atom stereocenters. The summed E-state index contributed by atoms with van der Waals surface area (Å²) in [6.07, 6.45) is -9.97. The zero-order valence-corrected chi connectivity index (χ0v) is 40.6. The van der Waals surface area contributed by atoms with Crippen LogP contribution < -0.4 is 11.5 Å². The first-order valence-electron chi connectivity index (χ1n) is 24.9. The molecule has 16 atom stereocenters. The monoisotopic (exact) mass is 986 g/mol. The number of benzene rings is 5. The van der Waals surface area contributed by atoms with Crippen LogP contribution in [-0.4, -0.2) is 136 Å². The van der Waals surface area contributed by atoms with Gasteiger partial charge in [0, 0.05) is 19.7 Å². The number of fused-ring (bicyclic) bond motifs is 2. The molecule has 16 nitrogen and oxygen atoms in total. The predicted molar refractivity (Wildman–Crippen MR) is 265 cm³/mol. The van der Waals surface area contributed by atoms with Crippen LogP contribution >= 0.6 is 0 Å². The molecule has 1 aliphatic carbocycles. The molecule has 4 aliphatic heterocycles. The average Bonchev–Trinajstić information content (AvgIpc) is 3.96. The maximum absolute atomic E-state index is 12.1. The fraction of sp³-hybridized carbons (Fsp3) is 0.446. The normalized spacial score (nSPS) is 33.1. The van der Waals surface area contributed by atoms with Crippen molar-refractivity contribution in [1.29, 1.82) is 0 Å². The lowest BCUT2D eigenvalue weighted by atomic mass is 9.94. The van der Waals surface area contributed by atoms with E-state index in [0.29, 0.717) is 12.6 Å². The van der Waals surface area contributed by atoms with Crippen LogP contribution in [0.5, 0.6) is 0 Å². The molecular weight excluding hydrogens is 921 g/mol. The topological polar surface area (TPSA) is 189 Å². The van der Waals surface area contributed by atoms with Gasteiger partial charge in [0.2, 0.25) is 0 Å². The molecule has 0 aromatic heterocycles. The Kier molecular flexibility index (Phi) is 16.7. The predicted octanol–water partition coefficient (Wildman–Crippen LogP) is 5.26. The second-order valence-electron chi connectivity index (χ2n) is 19.2. The molecule has 5 N–H and O–H groups in total. The van der Waals surface area contributed by atoms with Crippen LogP contribution in [0, 0.1) is 5.92 Å². The third kappa shape index (κ3) is 11.8. The van der Waals surface area contributed by atoms with Crippen LogP contribution in [0.25, 0.3) is 0 Å². The Balaban J connectivity index is 0.944. The lowest BCUT2D eigenvalue weighted by Gasteiger charge is -2.51. The van der Waals surface area contributed by atoms with E-state index in [1.165, 1.54) is 0 Å². The fourth-order valence-electron chi connectivity index (χ4n) is 10.1. The van der Waals surface area contributed by atoms with Crippen LogP contribution in [0.4, 0.5) is 0 Å². The minimum atomic E-state index is -1.13. The van der Waals surface area contributed by atoms with Crippen molar-refractivity contribution in [2.45, 2.75) is 118 Å². The van der Waals surface area contributed by atoms with E-state index in [-0.39, 0.29) is 39.6 Å². The van der Waals surface area contributed by atoms with Crippen LogP contribution in [0.2, 0.25) is 0 Å². The molecule has 72 heavy (non-hydrogen) atoms. The maximum atomic E-state index is 12.1. The largest absolute Gasteiger partial charge is 0.459 e. The number of aliphatic hydroxyl groups excluding tert-OH is 1. The van der Waals surface area contributed by atoms with Gasteiger partial charge in [0.05, 0.1) is 70.4 Å². The first-order chi connectivity index (χ1) is 35.3. The van der Waals surface area contributed by atoms with Crippen molar-refractivity contribution in [2.24, 2.45) is 22.4 Å². The van der Waals surface area contributed by atoms with Crippen molar-refractivity contribution in [2.75, 3.05) is 33.9 Å². The summed E-state index contributed by atoms with van der Waals surface area (Å²) in [6.45, 7) is 1.50. The van der Waals surface area contributed by atoms with Gasteiger partial charge in [-0.2, -0.15) is 0 Å². The van der Waals surface area contributed by atoms with Crippen molar-refractivity contribution in [3.63, 3.8) is 0 Å². The quantitative estimate of drug-likeness (QED) is 0.0972. The Hall–Kier alpha value is -5.15. The van der Waals surface area contributed by atoms with E-state index in [1.54, 1.807) is 4.90 Å². The Morgan fingerprint density at radius 1 is 0.569 bits per heavy atom. The van der Waals surface area contributed by atoms with Crippen molar-refractivity contribution in [3.05, 3.63) is 179 Å². The first kappa shape index (κ1) is 50.4. The molecule has 4 heterocycles. The van der Waals surface area contributed by atoms with Gasteiger partial charge in [0.15, 0.2) is 18.9 Å². The SMILES string of the molecule is CN(C)C1=N[C@@H]2[C@@H](O)[C@H](O[C@@H]3O[C@H](COCc4ccccc4)[C@@H](O[C@@H]4O[C@@H]5COC(c6ccccc6)O[C@H]5[C@@H](OCc5ccccc5)[C@H]4N)[C@@H](OCc4ccccc4)[C@H]3N)[C@@H](COCc3ccccc3)[C@@H]2O1. The van der Waals surface area contributed by atoms with Crippen molar-refractivity contribution >= 4 is 6.02 Å². The molecule has 0 spiro atoms. The molecule has 5 aliphatic rings. The molecule has 1 saturated carbocycles. The van der Waals surface area contributed by atoms with Crippen LogP contribution in [0.1, 0.15) is 34.1 Å². The van der Waals surface area contributed by atoms with E-state index in [1.807, 2.05) is 166 Å². The zero-order valence-electron chi connectivity index (χ0n) is 40.6. The molecule has 0 bridgehead atoms. The molecule has 382 valence electrons. The number of aliphatic hydroxyl groups is 1. The second-order valence-corrected chi connectivity index (χ2v) is 19.2. The highest BCUT2D eigenvalue weighted by Crippen LogP contribution is 2.42. The first-order valence-corrected chi connectivity index (χ1v) is 24.9. The lowest BCUT2D eigenvalue weighted by molar-refractivity contribution is -0.371. The molecule has 16 heteroatoms. The van der Waals surface area contributed by atoms with E-state index >= 15 is 0 Å². The smallest absolute Gasteiger partial charge is 0.287 e. The van der Waals surface area contributed by atoms with Gasteiger partial charge < -0.3 is 73.6 Å². The summed E-state index contributed by atoms with van der Waals surface area (Å²) in [6, 6.07) is 47.2. The highest BCUT2D eigenvalue weighted by Gasteiger charge is 2.59. The van der Waals surface area contributed by atoms with Crippen LogP contribution in [0.15, 0.2) is 157 Å². The van der Waals surface area contributed by atoms with Gasteiger partial charge >= 0.3 is 0 Å². The molecule has 0 amide bonds. The molecule has 10 rings (SSSR count). The zero-order chi connectivity index (χ0) is 49.4. The van der Waals surface area contributed by atoms with Gasteiger partial charge in [0.25, 0.3) is 6.02 Å². The average molecular weight is 987 g/mol. The number of aliphatic imine (C=N–C) groups is 1. The number of nitrogens with zero attached hydrogens (tertiary/aromatic N) is 2. The molecule has 5 aromatic carbocycles. The summed E-state index contributed by atoms with van der Waals surface area (Å²) >= 11 is 0. The number of amidine groups is 1. The lowest BCUT2D eigenvalue weighted by Crippen LogP contribution is -2.69. The van der Waals surface area contributed by atoms with E-state index < -0.39 is 97.8 Å². The van der Waals surface area contributed by atoms with E-state index in [0.717, 1.165) is 27.8 Å². The highest BCUT2D eigenvalue weighted by atomic mass is 16.8. The van der Waals surface area contributed by atoms with Gasteiger partial charge in [0.1, 0.15) is 54.9 Å². The summed E-state index contributed by atoms with van der Waals surface area (Å²) < 4.78 is 73.4. The van der Waals surface area contributed by atoms with Crippen LogP contribution in [0.3, 0.4) is 0 Å². The van der Waals surface area contributed by atoms with Gasteiger partial charge in [-0.25, -0.2) is 4.99 Å². The summed E-state index contributed by atoms with van der Waals surface area (Å²) in [5.41, 5.74) is 19.3. The molecule has 3 saturated heterocycles. The Morgan fingerprint density at radius 2 is 1.07 bits per heavy atom. The van der Waals surface area contributed by atoms with Gasteiger partial charge in [-0.15, -0.1) is 0 Å². The van der Waals surface area contributed by atoms with E-state index in [9.17, 15) is 5.11 Å². The third-order valence-electron chi connectivity index (χ3n) is 13.9. The van der Waals surface area contributed by atoms with Gasteiger partial charge in [-0.3, -0.25) is 0 Å². The highest BCUT2D eigenvalue weighted by molar-refractivity contribution is 5.75. The number of rotatable bonds is 19. The van der Waals surface area contributed by atoms with Gasteiger partial charge in [-0.05, 0) is 22.3 Å². The van der Waals surface area contributed by atoms with Crippen LogP contribution in [-0.2, 0) is 78.5 Å². The summed E-state index contributed by atoms with van der Waals surface area (Å²) in [7, 11) is 3.70. The van der Waals surface area contributed by atoms with Gasteiger partial charge in [-0.1, -0.05) is 152 Å². The van der Waals surface area contributed by atoms with E-state index in [4.69, 9.17) is 68.6 Å². The van der Waals surface area contributed by atoms with E-state index in [2.05, 4.69) is 0 Å².